The molecule has 2 rings (SSSR count). The second-order valence-corrected chi connectivity index (χ2v) is 8.83. The van der Waals surface area contributed by atoms with E-state index in [9.17, 15) is 13.2 Å². The average Bonchev–Trinajstić information content (AvgIpc) is 2.88. The first-order valence-corrected chi connectivity index (χ1v) is 9.46. The zero-order chi connectivity index (χ0) is 13.7. The molecule has 6 heteroatoms. The molecule has 0 saturated carbocycles. The van der Waals surface area contributed by atoms with Crippen molar-refractivity contribution in [3.05, 3.63) is 0 Å². The van der Waals surface area contributed by atoms with Crippen LogP contribution in [0.15, 0.2) is 0 Å². The fraction of sp³-hybridized carbons (Fsp3) is 1.00. The molecule has 0 radical (unpaired) electrons. The summed E-state index contributed by atoms with van der Waals surface area (Å²) < 4.78 is 42.0. The van der Waals surface area contributed by atoms with Crippen molar-refractivity contribution in [1.82, 2.24) is 9.13 Å². The second kappa shape index (κ2) is 7.08. The first-order chi connectivity index (χ1) is 9.06. The number of hydrogen-bond donors (Lipinski definition) is 0. The molecule has 0 amide bonds. The van der Waals surface area contributed by atoms with E-state index in [1.807, 2.05) is 0 Å². The van der Waals surface area contributed by atoms with Crippen molar-refractivity contribution < 1.29 is 13.2 Å². The van der Waals surface area contributed by atoms with Gasteiger partial charge in [-0.15, -0.1) is 0 Å². The first kappa shape index (κ1) is 15.3. The topological polar surface area (TPSA) is 6.48 Å². The van der Waals surface area contributed by atoms with E-state index in [1.165, 1.54) is 32.1 Å². The number of piperidine rings is 1. The van der Waals surface area contributed by atoms with E-state index in [0.29, 0.717) is 6.42 Å². The molecule has 0 aromatic rings. The van der Waals surface area contributed by atoms with Gasteiger partial charge in [0.05, 0.1) is 0 Å². The molecule has 0 N–H and O–H groups in total. The SMILES string of the molecule is FC(F)(F)CCC[SiH](N1CCCCC1)N1CCCC1. The van der Waals surface area contributed by atoms with Gasteiger partial charge in [-0.2, -0.15) is 13.2 Å². The van der Waals surface area contributed by atoms with Crippen molar-refractivity contribution in [1.29, 1.82) is 0 Å². The van der Waals surface area contributed by atoms with Gasteiger partial charge in [0.25, 0.3) is 0 Å². The lowest BCUT2D eigenvalue weighted by Crippen LogP contribution is -2.53. The van der Waals surface area contributed by atoms with Crippen LogP contribution in [0.5, 0.6) is 0 Å². The normalized spacial score (nSPS) is 24.8. The van der Waals surface area contributed by atoms with E-state index >= 15 is 0 Å². The monoisotopic (exact) mass is 294 g/mol. The Morgan fingerprint density at radius 3 is 1.74 bits per heavy atom. The molecule has 1 atom stereocenters. The van der Waals surface area contributed by atoms with Crippen LogP contribution >= 0.6 is 0 Å². The van der Waals surface area contributed by atoms with Crippen molar-refractivity contribution in [2.24, 2.45) is 0 Å². The fourth-order valence-electron chi connectivity index (χ4n) is 3.34. The first-order valence-electron chi connectivity index (χ1n) is 7.61. The summed E-state index contributed by atoms with van der Waals surface area (Å²) in [6, 6.07) is 0.805. The number of halogens is 3. The van der Waals surface area contributed by atoms with Gasteiger partial charge < -0.3 is 9.13 Å². The lowest BCUT2D eigenvalue weighted by atomic mass is 10.2. The van der Waals surface area contributed by atoms with Gasteiger partial charge in [-0.1, -0.05) is 6.42 Å². The predicted octanol–water partition coefficient (Wildman–Crippen LogP) is 3.13. The highest BCUT2D eigenvalue weighted by molar-refractivity contribution is 6.52. The molecular formula is C13H25F3N2Si. The Kier molecular flexibility index (Phi) is 5.71. The highest BCUT2D eigenvalue weighted by atomic mass is 28.3. The van der Waals surface area contributed by atoms with Gasteiger partial charge in [0.15, 0.2) is 9.12 Å². The Morgan fingerprint density at radius 1 is 0.789 bits per heavy atom. The summed E-state index contributed by atoms with van der Waals surface area (Å²) in [5, 5.41) is 0. The summed E-state index contributed by atoms with van der Waals surface area (Å²) in [6.07, 6.45) is 1.97. The number of alkyl halides is 3. The molecular weight excluding hydrogens is 269 g/mol. The molecule has 0 aromatic carbocycles. The Hall–Kier alpha value is -0.0731. The molecule has 112 valence electrons. The zero-order valence-electron chi connectivity index (χ0n) is 11.6. The highest BCUT2D eigenvalue weighted by Gasteiger charge is 2.32. The maximum Gasteiger partial charge on any atom is 0.389 e. The summed E-state index contributed by atoms with van der Waals surface area (Å²) in [7, 11) is -1.29. The van der Waals surface area contributed by atoms with Crippen LogP contribution in [0.25, 0.3) is 0 Å². The predicted molar refractivity (Wildman–Crippen MR) is 73.5 cm³/mol. The van der Waals surface area contributed by atoms with Crippen molar-refractivity contribution in [2.75, 3.05) is 26.2 Å². The lowest BCUT2D eigenvalue weighted by Gasteiger charge is -2.38. The van der Waals surface area contributed by atoms with E-state index in [2.05, 4.69) is 9.13 Å². The quantitative estimate of drug-likeness (QED) is 0.719. The van der Waals surface area contributed by atoms with Gasteiger partial charge >= 0.3 is 6.18 Å². The maximum absolute atomic E-state index is 12.3. The van der Waals surface area contributed by atoms with Crippen LogP contribution < -0.4 is 0 Å². The number of nitrogens with zero attached hydrogens (tertiary/aromatic N) is 2. The van der Waals surface area contributed by atoms with Gasteiger partial charge in [-0.3, -0.25) is 0 Å². The molecule has 0 aliphatic carbocycles. The summed E-state index contributed by atoms with van der Waals surface area (Å²) in [6.45, 7) is 4.50. The molecule has 2 aliphatic rings. The number of hydrogen-bond acceptors (Lipinski definition) is 2. The second-order valence-electron chi connectivity index (χ2n) is 5.83. The Bertz CT molecular complexity index is 261. The minimum Gasteiger partial charge on any atom is -0.314 e. The Labute approximate surface area is 115 Å². The van der Waals surface area contributed by atoms with Crippen LogP contribution in [-0.4, -0.2) is 50.6 Å². The van der Waals surface area contributed by atoms with Crippen LogP contribution in [0.2, 0.25) is 6.04 Å². The highest BCUT2D eigenvalue weighted by Crippen LogP contribution is 2.26. The summed E-state index contributed by atoms with van der Waals surface area (Å²) in [4.78, 5) is 0. The molecule has 2 saturated heterocycles. The minimum absolute atomic E-state index is 0.327. The van der Waals surface area contributed by atoms with E-state index in [-0.39, 0.29) is 0 Å². The van der Waals surface area contributed by atoms with Gasteiger partial charge in [-0.25, -0.2) is 0 Å². The van der Waals surface area contributed by atoms with Gasteiger partial charge in [0.1, 0.15) is 0 Å². The molecule has 2 aliphatic heterocycles. The molecule has 2 heterocycles. The van der Waals surface area contributed by atoms with Crippen LogP contribution in [0.3, 0.4) is 0 Å². The van der Waals surface area contributed by atoms with E-state index in [4.69, 9.17) is 0 Å². The summed E-state index contributed by atoms with van der Waals surface area (Å²) in [5.41, 5.74) is 0. The lowest BCUT2D eigenvalue weighted by molar-refractivity contribution is -0.134. The molecule has 19 heavy (non-hydrogen) atoms. The zero-order valence-corrected chi connectivity index (χ0v) is 12.7. The van der Waals surface area contributed by atoms with Crippen molar-refractivity contribution >= 4 is 9.12 Å². The standard InChI is InChI=1S/C13H25F3N2Si/c14-13(15,16)7-6-12-19(18-10-4-5-11-18)17-8-2-1-3-9-17/h19H,1-12H2. The van der Waals surface area contributed by atoms with E-state index < -0.39 is 21.7 Å². The summed E-state index contributed by atoms with van der Waals surface area (Å²) in [5.74, 6) is 0. The van der Waals surface area contributed by atoms with Crippen LogP contribution in [0, 0.1) is 0 Å². The van der Waals surface area contributed by atoms with Crippen LogP contribution in [-0.2, 0) is 0 Å². The van der Waals surface area contributed by atoms with Gasteiger partial charge in [-0.05, 0) is 64.3 Å². The van der Waals surface area contributed by atoms with Crippen molar-refractivity contribution in [2.45, 2.75) is 57.2 Å². The van der Waals surface area contributed by atoms with Crippen LogP contribution in [0.1, 0.15) is 44.9 Å². The van der Waals surface area contributed by atoms with E-state index in [0.717, 1.165) is 32.2 Å². The Balaban J connectivity index is 1.85. The van der Waals surface area contributed by atoms with Crippen LogP contribution in [0.4, 0.5) is 13.2 Å². The third-order valence-corrected chi connectivity index (χ3v) is 7.94. The minimum atomic E-state index is -3.98. The maximum atomic E-state index is 12.3. The smallest absolute Gasteiger partial charge is 0.314 e. The van der Waals surface area contributed by atoms with E-state index in [1.54, 1.807) is 0 Å². The average molecular weight is 294 g/mol. The molecule has 0 spiro atoms. The molecule has 0 aromatic heterocycles. The number of rotatable bonds is 5. The third-order valence-electron chi connectivity index (χ3n) is 4.30. The summed E-state index contributed by atoms with van der Waals surface area (Å²) >= 11 is 0. The van der Waals surface area contributed by atoms with Crippen molar-refractivity contribution in [3.63, 3.8) is 0 Å². The van der Waals surface area contributed by atoms with Gasteiger partial charge in [0, 0.05) is 6.42 Å². The fourth-order valence-corrected chi connectivity index (χ4v) is 7.02. The molecule has 2 fully saturated rings. The Morgan fingerprint density at radius 2 is 1.26 bits per heavy atom. The third kappa shape index (κ3) is 5.08. The van der Waals surface area contributed by atoms with Crippen molar-refractivity contribution in [3.8, 4) is 0 Å². The molecule has 0 bridgehead atoms. The molecule has 1 unspecified atom stereocenters. The largest absolute Gasteiger partial charge is 0.389 e. The molecule has 2 nitrogen and oxygen atoms in total. The van der Waals surface area contributed by atoms with Gasteiger partial charge in [0.2, 0.25) is 0 Å².